The Morgan fingerprint density at radius 3 is 2.78 bits per heavy atom. The minimum atomic E-state index is -0.376. The van der Waals surface area contributed by atoms with Crippen molar-refractivity contribution in [3.05, 3.63) is 63.6 Å². The highest BCUT2D eigenvalue weighted by atomic mass is 79.9. The van der Waals surface area contributed by atoms with Gasteiger partial charge in [0.05, 0.1) is 11.3 Å². The molecular weight excluding hydrogens is 294 g/mol. The molecule has 0 unspecified atom stereocenters. The SMILES string of the molecule is O=c1oc2cccc(Br)c2cc1-c1ccccn1. The quantitative estimate of drug-likeness (QED) is 0.645. The van der Waals surface area contributed by atoms with Gasteiger partial charge in [-0.1, -0.05) is 28.1 Å². The standard InChI is InChI=1S/C14H8BrNO2/c15-11-4-3-6-13-9(11)8-10(14(17)18-13)12-5-1-2-7-16-12/h1-8H. The summed E-state index contributed by atoms with van der Waals surface area (Å²) in [5, 5.41) is 0.859. The maximum Gasteiger partial charge on any atom is 0.345 e. The van der Waals surface area contributed by atoms with Crippen LogP contribution in [0, 0.1) is 0 Å². The lowest BCUT2D eigenvalue weighted by Gasteiger charge is -2.02. The van der Waals surface area contributed by atoms with Crippen molar-refractivity contribution in [3.8, 4) is 11.3 Å². The molecule has 0 aliphatic carbocycles. The molecule has 3 rings (SSSR count). The number of aromatic nitrogens is 1. The Balaban J connectivity index is 2.35. The summed E-state index contributed by atoms with van der Waals surface area (Å²) in [4.78, 5) is 16.1. The van der Waals surface area contributed by atoms with E-state index in [1.807, 2.05) is 24.3 Å². The van der Waals surface area contributed by atoms with E-state index in [9.17, 15) is 4.79 Å². The summed E-state index contributed by atoms with van der Waals surface area (Å²) < 4.78 is 6.19. The normalized spacial score (nSPS) is 10.7. The van der Waals surface area contributed by atoms with Crippen molar-refractivity contribution in [2.45, 2.75) is 0 Å². The molecule has 0 fully saturated rings. The Labute approximate surface area is 111 Å². The van der Waals surface area contributed by atoms with Gasteiger partial charge in [0.15, 0.2) is 0 Å². The second kappa shape index (κ2) is 4.38. The van der Waals surface area contributed by atoms with E-state index >= 15 is 0 Å². The van der Waals surface area contributed by atoms with Gasteiger partial charge in [0.25, 0.3) is 0 Å². The van der Waals surface area contributed by atoms with Crippen LogP contribution < -0.4 is 5.63 Å². The molecule has 1 aromatic carbocycles. The zero-order chi connectivity index (χ0) is 12.5. The van der Waals surface area contributed by atoms with Gasteiger partial charge in [0.1, 0.15) is 5.58 Å². The van der Waals surface area contributed by atoms with Crippen LogP contribution in [0.15, 0.2) is 62.3 Å². The number of pyridine rings is 1. The third kappa shape index (κ3) is 1.84. The largest absolute Gasteiger partial charge is 0.422 e. The van der Waals surface area contributed by atoms with E-state index in [0.29, 0.717) is 16.8 Å². The summed E-state index contributed by atoms with van der Waals surface area (Å²) in [6.45, 7) is 0. The predicted molar refractivity (Wildman–Crippen MR) is 73.4 cm³/mol. The van der Waals surface area contributed by atoms with E-state index in [1.54, 1.807) is 24.4 Å². The van der Waals surface area contributed by atoms with Gasteiger partial charge in [0, 0.05) is 16.1 Å². The Bertz CT molecular complexity index is 766. The topological polar surface area (TPSA) is 43.1 Å². The smallest absolute Gasteiger partial charge is 0.345 e. The lowest BCUT2D eigenvalue weighted by atomic mass is 10.1. The Morgan fingerprint density at radius 2 is 2.00 bits per heavy atom. The van der Waals surface area contributed by atoms with E-state index < -0.39 is 0 Å². The molecule has 3 nitrogen and oxygen atoms in total. The van der Waals surface area contributed by atoms with Gasteiger partial charge in [0.2, 0.25) is 0 Å². The van der Waals surface area contributed by atoms with Gasteiger partial charge < -0.3 is 4.42 Å². The molecule has 2 aromatic heterocycles. The number of rotatable bonds is 1. The van der Waals surface area contributed by atoms with Crippen LogP contribution in [0.4, 0.5) is 0 Å². The lowest BCUT2D eigenvalue weighted by Crippen LogP contribution is -2.03. The van der Waals surface area contributed by atoms with Crippen molar-refractivity contribution in [1.29, 1.82) is 0 Å². The predicted octanol–water partition coefficient (Wildman–Crippen LogP) is 3.62. The number of halogens is 1. The maximum atomic E-state index is 11.9. The van der Waals surface area contributed by atoms with Gasteiger partial charge in [-0.2, -0.15) is 0 Å². The van der Waals surface area contributed by atoms with Crippen LogP contribution in [0.2, 0.25) is 0 Å². The van der Waals surface area contributed by atoms with E-state index in [0.717, 1.165) is 9.86 Å². The molecule has 0 aliphatic heterocycles. The van der Waals surface area contributed by atoms with Crippen molar-refractivity contribution >= 4 is 26.9 Å². The molecule has 88 valence electrons. The molecule has 0 aliphatic rings. The molecule has 0 amide bonds. The molecule has 0 saturated heterocycles. The fourth-order valence-corrected chi connectivity index (χ4v) is 2.27. The third-order valence-electron chi connectivity index (χ3n) is 2.67. The number of hydrogen-bond donors (Lipinski definition) is 0. The van der Waals surface area contributed by atoms with Gasteiger partial charge in [-0.15, -0.1) is 0 Å². The highest BCUT2D eigenvalue weighted by Crippen LogP contribution is 2.25. The van der Waals surface area contributed by atoms with Crippen LogP contribution in [-0.2, 0) is 0 Å². The summed E-state index contributed by atoms with van der Waals surface area (Å²) in [5.41, 5.74) is 1.27. The summed E-state index contributed by atoms with van der Waals surface area (Å²) in [6, 6.07) is 12.7. The van der Waals surface area contributed by atoms with Crippen LogP contribution in [0.3, 0.4) is 0 Å². The average molecular weight is 302 g/mol. The van der Waals surface area contributed by atoms with E-state index in [4.69, 9.17) is 4.42 Å². The zero-order valence-corrected chi connectivity index (χ0v) is 10.8. The zero-order valence-electron chi connectivity index (χ0n) is 9.26. The Hall–Kier alpha value is -1.94. The first-order valence-corrected chi connectivity index (χ1v) is 6.19. The van der Waals surface area contributed by atoms with Crippen LogP contribution >= 0.6 is 15.9 Å². The summed E-state index contributed by atoms with van der Waals surface area (Å²) in [7, 11) is 0. The van der Waals surface area contributed by atoms with Crippen LogP contribution in [-0.4, -0.2) is 4.98 Å². The van der Waals surface area contributed by atoms with Gasteiger partial charge in [-0.25, -0.2) is 4.79 Å². The second-order valence-electron chi connectivity index (χ2n) is 3.81. The third-order valence-corrected chi connectivity index (χ3v) is 3.36. The van der Waals surface area contributed by atoms with Gasteiger partial charge in [-0.05, 0) is 30.3 Å². The van der Waals surface area contributed by atoms with Crippen LogP contribution in [0.1, 0.15) is 0 Å². The second-order valence-corrected chi connectivity index (χ2v) is 4.67. The van der Waals surface area contributed by atoms with Crippen molar-refractivity contribution in [1.82, 2.24) is 4.98 Å². The summed E-state index contributed by atoms with van der Waals surface area (Å²) in [5.74, 6) is 0. The fraction of sp³-hybridized carbons (Fsp3) is 0. The van der Waals surface area contributed by atoms with Crippen molar-refractivity contribution in [2.24, 2.45) is 0 Å². The first-order valence-electron chi connectivity index (χ1n) is 5.39. The van der Waals surface area contributed by atoms with Crippen LogP contribution in [0.5, 0.6) is 0 Å². The highest BCUT2D eigenvalue weighted by Gasteiger charge is 2.09. The number of fused-ring (bicyclic) bond motifs is 1. The molecule has 4 heteroatoms. The molecule has 3 aromatic rings. The summed E-state index contributed by atoms with van der Waals surface area (Å²) >= 11 is 3.45. The minimum absolute atomic E-state index is 0.376. The summed E-state index contributed by atoms with van der Waals surface area (Å²) in [6.07, 6.45) is 1.65. The van der Waals surface area contributed by atoms with Crippen LogP contribution in [0.25, 0.3) is 22.2 Å². The van der Waals surface area contributed by atoms with Crippen molar-refractivity contribution in [3.63, 3.8) is 0 Å². The van der Waals surface area contributed by atoms with Gasteiger partial charge >= 0.3 is 5.63 Å². The number of hydrogen-bond acceptors (Lipinski definition) is 3. The molecule has 2 heterocycles. The van der Waals surface area contributed by atoms with Gasteiger partial charge in [-0.3, -0.25) is 4.98 Å². The molecule has 18 heavy (non-hydrogen) atoms. The molecule has 0 radical (unpaired) electrons. The molecular formula is C14H8BrNO2. The lowest BCUT2D eigenvalue weighted by molar-refractivity contribution is 0.563. The Morgan fingerprint density at radius 1 is 1.11 bits per heavy atom. The number of nitrogens with zero attached hydrogens (tertiary/aromatic N) is 1. The maximum absolute atomic E-state index is 11.9. The average Bonchev–Trinajstić information content (AvgIpc) is 2.39. The van der Waals surface area contributed by atoms with E-state index in [1.165, 1.54) is 0 Å². The first kappa shape index (κ1) is 11.2. The van der Waals surface area contributed by atoms with Crippen molar-refractivity contribution < 1.29 is 4.42 Å². The fourth-order valence-electron chi connectivity index (χ4n) is 1.81. The molecule has 0 spiro atoms. The number of benzene rings is 1. The van der Waals surface area contributed by atoms with Crippen molar-refractivity contribution in [2.75, 3.05) is 0 Å². The Kier molecular flexibility index (Phi) is 2.72. The monoisotopic (exact) mass is 301 g/mol. The minimum Gasteiger partial charge on any atom is -0.422 e. The molecule has 0 atom stereocenters. The highest BCUT2D eigenvalue weighted by molar-refractivity contribution is 9.10. The molecule has 0 bridgehead atoms. The molecule has 0 saturated carbocycles. The molecule has 0 N–H and O–H groups in total. The van der Waals surface area contributed by atoms with E-state index in [2.05, 4.69) is 20.9 Å². The first-order chi connectivity index (χ1) is 8.75. The van der Waals surface area contributed by atoms with E-state index in [-0.39, 0.29) is 5.63 Å².